The first kappa shape index (κ1) is 26.5. The van der Waals surface area contributed by atoms with Crippen LogP contribution in [0.4, 0.5) is 0 Å². The third-order valence-corrected chi connectivity index (χ3v) is 9.15. The predicted octanol–water partition coefficient (Wildman–Crippen LogP) is 11.0. The van der Waals surface area contributed by atoms with Crippen molar-refractivity contribution >= 4 is 49.6 Å². The molecule has 0 bridgehead atoms. The van der Waals surface area contributed by atoms with Crippen LogP contribution in [-0.2, 0) is 6.42 Å². The standard InChI is InChI=1S/C43H29N3/c1-2-4-11-36-34(10-3-1)25-38(37-12-7-23-44-43(36)37)40-22-20-30-15-17-33(27-42(30)46-40)32-16-14-29-19-21-39(45-41(29)26-32)35-18-13-28-8-5-6-9-31(28)24-35/h1-3,5-10,12-27H,4,11H2/b2-1-,10-3-. The van der Waals surface area contributed by atoms with E-state index in [1.54, 1.807) is 0 Å². The summed E-state index contributed by atoms with van der Waals surface area (Å²) < 4.78 is 0. The van der Waals surface area contributed by atoms with Crippen LogP contribution in [0, 0.1) is 0 Å². The minimum Gasteiger partial charge on any atom is -0.256 e. The van der Waals surface area contributed by atoms with Crippen LogP contribution < -0.4 is 0 Å². The highest BCUT2D eigenvalue weighted by Gasteiger charge is 2.15. The maximum atomic E-state index is 5.23. The van der Waals surface area contributed by atoms with E-state index in [2.05, 4.69) is 140 Å². The second-order valence-corrected chi connectivity index (χ2v) is 12.0. The number of allylic oxidation sites excluding steroid dienone is 3. The molecule has 0 spiro atoms. The summed E-state index contributed by atoms with van der Waals surface area (Å²) in [4.78, 5) is 15.2. The van der Waals surface area contributed by atoms with Gasteiger partial charge in [-0.15, -0.1) is 0 Å². The monoisotopic (exact) mass is 587 g/mol. The zero-order valence-corrected chi connectivity index (χ0v) is 25.2. The van der Waals surface area contributed by atoms with Crippen molar-refractivity contribution in [2.75, 3.05) is 0 Å². The first-order valence-corrected chi connectivity index (χ1v) is 15.8. The SMILES string of the molecule is C1=C\CCc2c(cc(-c3ccc4ccc(-c5ccc6ccc(-c7ccc8ccccc8c7)nc6c5)cc4n3)c3cccnc23)\C=C/1. The molecule has 5 aromatic carbocycles. The molecule has 3 aromatic heterocycles. The van der Waals surface area contributed by atoms with E-state index in [0.717, 1.165) is 79.2 Å². The molecule has 0 amide bonds. The maximum absolute atomic E-state index is 5.23. The molecule has 9 rings (SSSR count). The summed E-state index contributed by atoms with van der Waals surface area (Å²) in [5, 5.41) is 5.84. The fourth-order valence-electron chi connectivity index (χ4n) is 6.76. The lowest BCUT2D eigenvalue weighted by molar-refractivity contribution is 1.00. The van der Waals surface area contributed by atoms with Crippen LogP contribution in [0.5, 0.6) is 0 Å². The number of rotatable bonds is 3. The van der Waals surface area contributed by atoms with Gasteiger partial charge in [-0.25, -0.2) is 9.97 Å². The van der Waals surface area contributed by atoms with Crippen molar-refractivity contribution in [1.82, 2.24) is 15.0 Å². The molecule has 0 saturated carbocycles. The van der Waals surface area contributed by atoms with Gasteiger partial charge in [0.15, 0.2) is 0 Å². The number of aromatic nitrogens is 3. The van der Waals surface area contributed by atoms with Crippen molar-refractivity contribution in [3.8, 4) is 33.6 Å². The van der Waals surface area contributed by atoms with Crippen LogP contribution >= 0.6 is 0 Å². The van der Waals surface area contributed by atoms with Crippen molar-refractivity contribution in [2.24, 2.45) is 0 Å². The molecular weight excluding hydrogens is 558 g/mol. The summed E-state index contributed by atoms with van der Waals surface area (Å²) >= 11 is 0. The normalized spacial score (nSPS) is 14.3. The van der Waals surface area contributed by atoms with E-state index in [4.69, 9.17) is 15.0 Å². The quantitative estimate of drug-likeness (QED) is 0.206. The Morgan fingerprint density at radius 1 is 0.522 bits per heavy atom. The van der Waals surface area contributed by atoms with Gasteiger partial charge in [0.2, 0.25) is 0 Å². The fourth-order valence-corrected chi connectivity index (χ4v) is 6.76. The lowest BCUT2D eigenvalue weighted by Gasteiger charge is -2.15. The summed E-state index contributed by atoms with van der Waals surface area (Å²) in [5.41, 5.74) is 11.9. The average Bonchev–Trinajstić information content (AvgIpc) is 3.10. The van der Waals surface area contributed by atoms with Gasteiger partial charge in [-0.3, -0.25) is 4.98 Å². The predicted molar refractivity (Wildman–Crippen MR) is 193 cm³/mol. The van der Waals surface area contributed by atoms with Gasteiger partial charge >= 0.3 is 0 Å². The molecule has 0 saturated heterocycles. The summed E-state index contributed by atoms with van der Waals surface area (Å²) in [6.07, 6.45) is 12.6. The number of hydrogen-bond acceptors (Lipinski definition) is 3. The van der Waals surface area contributed by atoms with Crippen LogP contribution in [0.1, 0.15) is 17.5 Å². The van der Waals surface area contributed by atoms with Crippen molar-refractivity contribution in [3.63, 3.8) is 0 Å². The molecule has 1 aliphatic carbocycles. The molecule has 0 atom stereocenters. The van der Waals surface area contributed by atoms with E-state index in [-0.39, 0.29) is 0 Å². The topological polar surface area (TPSA) is 38.7 Å². The average molecular weight is 588 g/mol. The summed E-state index contributed by atoms with van der Waals surface area (Å²) in [6.45, 7) is 0. The molecule has 3 heteroatoms. The van der Waals surface area contributed by atoms with Gasteiger partial charge in [0, 0.05) is 33.5 Å². The van der Waals surface area contributed by atoms with Crippen LogP contribution in [0.3, 0.4) is 0 Å². The van der Waals surface area contributed by atoms with Crippen molar-refractivity contribution < 1.29 is 0 Å². The second-order valence-electron chi connectivity index (χ2n) is 12.0. The lowest BCUT2D eigenvalue weighted by atomic mass is 9.92. The van der Waals surface area contributed by atoms with E-state index in [9.17, 15) is 0 Å². The molecule has 0 aliphatic heterocycles. The second kappa shape index (κ2) is 10.9. The lowest BCUT2D eigenvalue weighted by Crippen LogP contribution is -1.98. The van der Waals surface area contributed by atoms with Crippen LogP contribution in [0.15, 0.2) is 146 Å². The third-order valence-electron chi connectivity index (χ3n) is 9.15. The van der Waals surface area contributed by atoms with E-state index >= 15 is 0 Å². The van der Waals surface area contributed by atoms with Crippen molar-refractivity contribution in [2.45, 2.75) is 12.8 Å². The number of fused-ring (bicyclic) bond motifs is 6. The highest BCUT2D eigenvalue weighted by molar-refractivity contribution is 5.99. The molecule has 0 N–H and O–H groups in total. The van der Waals surface area contributed by atoms with Gasteiger partial charge in [0.25, 0.3) is 0 Å². The molecule has 8 aromatic rings. The van der Waals surface area contributed by atoms with E-state index in [1.165, 1.54) is 21.9 Å². The zero-order chi connectivity index (χ0) is 30.5. The van der Waals surface area contributed by atoms with Gasteiger partial charge < -0.3 is 0 Å². The number of pyridine rings is 3. The minimum atomic E-state index is 0.955. The molecule has 0 radical (unpaired) electrons. The van der Waals surface area contributed by atoms with E-state index < -0.39 is 0 Å². The fraction of sp³-hybridized carbons (Fsp3) is 0.0465. The van der Waals surface area contributed by atoms with Gasteiger partial charge in [0.1, 0.15) is 0 Å². The maximum Gasteiger partial charge on any atom is 0.0746 e. The minimum absolute atomic E-state index is 0.955. The summed E-state index contributed by atoms with van der Waals surface area (Å²) in [6, 6.07) is 43.2. The van der Waals surface area contributed by atoms with Gasteiger partial charge in [0.05, 0.1) is 27.9 Å². The highest BCUT2D eigenvalue weighted by atomic mass is 14.7. The van der Waals surface area contributed by atoms with Gasteiger partial charge in [-0.2, -0.15) is 0 Å². The van der Waals surface area contributed by atoms with Crippen LogP contribution in [0.2, 0.25) is 0 Å². The first-order valence-electron chi connectivity index (χ1n) is 15.8. The number of benzene rings is 5. The Morgan fingerprint density at radius 2 is 1.22 bits per heavy atom. The first-order chi connectivity index (χ1) is 22.8. The molecule has 1 aliphatic rings. The number of nitrogens with zero attached hydrogens (tertiary/aromatic N) is 3. The zero-order valence-electron chi connectivity index (χ0n) is 25.2. The Bertz CT molecular complexity index is 2540. The Hall–Kier alpha value is -5.93. The molecule has 3 nitrogen and oxygen atoms in total. The molecule has 216 valence electrons. The van der Waals surface area contributed by atoms with Gasteiger partial charge in [-0.1, -0.05) is 103 Å². The molecule has 0 unspecified atom stereocenters. The summed E-state index contributed by atoms with van der Waals surface area (Å²) in [5.74, 6) is 0. The smallest absolute Gasteiger partial charge is 0.0746 e. The van der Waals surface area contributed by atoms with Gasteiger partial charge in [-0.05, 0) is 88.3 Å². The van der Waals surface area contributed by atoms with Crippen LogP contribution in [0.25, 0.3) is 83.2 Å². The van der Waals surface area contributed by atoms with Crippen molar-refractivity contribution in [3.05, 3.63) is 157 Å². The Labute approximate surface area is 267 Å². The van der Waals surface area contributed by atoms with E-state index in [0.29, 0.717) is 0 Å². The summed E-state index contributed by atoms with van der Waals surface area (Å²) in [7, 11) is 0. The largest absolute Gasteiger partial charge is 0.256 e. The van der Waals surface area contributed by atoms with E-state index in [1.807, 2.05) is 12.3 Å². The third kappa shape index (κ3) is 4.65. The Balaban J connectivity index is 1.13. The van der Waals surface area contributed by atoms with Crippen molar-refractivity contribution in [1.29, 1.82) is 0 Å². The number of hydrogen-bond donors (Lipinski definition) is 0. The van der Waals surface area contributed by atoms with Crippen LogP contribution in [-0.4, -0.2) is 15.0 Å². The molecule has 46 heavy (non-hydrogen) atoms. The molecular formula is C43H29N3. The molecule has 0 fully saturated rings. The number of aryl methyl sites for hydroxylation is 1. The Kier molecular flexibility index (Phi) is 6.27. The molecule has 3 heterocycles. The highest BCUT2D eigenvalue weighted by Crippen LogP contribution is 2.35. The Morgan fingerprint density at radius 3 is 2.04 bits per heavy atom.